The summed E-state index contributed by atoms with van der Waals surface area (Å²) in [5.41, 5.74) is -0.719. The van der Waals surface area contributed by atoms with Gasteiger partial charge in [-0.05, 0) is 18.4 Å². The summed E-state index contributed by atoms with van der Waals surface area (Å²) < 4.78 is 1.25. The van der Waals surface area contributed by atoms with Crippen LogP contribution in [0.5, 0.6) is 0 Å². The molecule has 0 aliphatic heterocycles. The summed E-state index contributed by atoms with van der Waals surface area (Å²) in [6, 6.07) is 0.791. The second kappa shape index (κ2) is 9.75. The van der Waals surface area contributed by atoms with Gasteiger partial charge in [0, 0.05) is 18.7 Å². The van der Waals surface area contributed by atoms with E-state index in [1.807, 2.05) is 13.8 Å². The molecule has 2 rings (SSSR count). The van der Waals surface area contributed by atoms with Crippen molar-refractivity contribution in [2.24, 2.45) is 5.92 Å². The molecule has 1 aromatic heterocycles. The molecule has 13 nitrogen and oxygen atoms in total. The van der Waals surface area contributed by atoms with Crippen molar-refractivity contribution in [2.45, 2.75) is 38.8 Å². The predicted molar refractivity (Wildman–Crippen MR) is 106 cm³/mol. The lowest BCUT2D eigenvalue weighted by Crippen LogP contribution is -2.48. The van der Waals surface area contributed by atoms with Crippen molar-refractivity contribution in [3.63, 3.8) is 0 Å². The highest BCUT2D eigenvalue weighted by molar-refractivity contribution is 5.77. The largest absolute Gasteiger partial charge is 0.480 e. The molecule has 2 unspecified atom stereocenters. The van der Waals surface area contributed by atoms with Crippen molar-refractivity contribution in [1.29, 1.82) is 0 Å². The zero-order valence-corrected chi connectivity index (χ0v) is 16.7. The second-order valence-electron chi connectivity index (χ2n) is 7.24. The van der Waals surface area contributed by atoms with Gasteiger partial charge < -0.3 is 10.2 Å². The lowest BCUT2D eigenvalue weighted by molar-refractivity contribution is -0.394. The first-order chi connectivity index (χ1) is 14.5. The van der Waals surface area contributed by atoms with E-state index in [9.17, 15) is 40.0 Å². The molecule has 0 amide bonds. The Labute approximate surface area is 175 Å². The number of nitro benzene ring substituents is 2. The highest BCUT2D eigenvalue weighted by Crippen LogP contribution is 2.28. The van der Waals surface area contributed by atoms with Gasteiger partial charge in [0.2, 0.25) is 0 Å². The molecule has 2 aromatic rings. The number of hydrogen-bond acceptors (Lipinski definition) is 8. The fraction of sp³-hybridized carbons (Fsp3) is 0.389. The molecule has 0 aliphatic rings. The van der Waals surface area contributed by atoms with E-state index in [1.165, 1.54) is 23.2 Å². The van der Waals surface area contributed by atoms with E-state index >= 15 is 0 Å². The average molecular weight is 435 g/mol. The number of aliphatic carboxylic acids is 2. The first-order valence-electron chi connectivity index (χ1n) is 9.17. The third-order valence-electron chi connectivity index (χ3n) is 4.40. The molecule has 31 heavy (non-hydrogen) atoms. The monoisotopic (exact) mass is 435 g/mol. The molecule has 1 aromatic carbocycles. The van der Waals surface area contributed by atoms with Crippen molar-refractivity contribution in [3.05, 3.63) is 56.6 Å². The fourth-order valence-corrected chi connectivity index (χ4v) is 2.97. The van der Waals surface area contributed by atoms with E-state index < -0.39 is 45.2 Å². The number of nitrogens with one attached hydrogen (secondary N) is 1. The number of carboxylic acids is 2. The Morgan fingerprint density at radius 2 is 1.77 bits per heavy atom. The van der Waals surface area contributed by atoms with Gasteiger partial charge in [0.25, 0.3) is 11.4 Å². The first-order valence-corrected chi connectivity index (χ1v) is 9.17. The minimum atomic E-state index is -1.27. The molecular formula is C18H21N5O8. The van der Waals surface area contributed by atoms with Gasteiger partial charge in [0.1, 0.15) is 17.8 Å². The van der Waals surface area contributed by atoms with E-state index in [-0.39, 0.29) is 30.1 Å². The number of hydrogen-bond donors (Lipinski definition) is 3. The van der Waals surface area contributed by atoms with Crippen molar-refractivity contribution in [2.75, 3.05) is 0 Å². The lowest BCUT2D eigenvalue weighted by atomic mass is 10.0. The third kappa shape index (κ3) is 6.05. The minimum absolute atomic E-state index is 0.0115. The third-order valence-corrected chi connectivity index (χ3v) is 4.40. The zero-order valence-electron chi connectivity index (χ0n) is 16.7. The molecule has 0 fully saturated rings. The lowest BCUT2D eigenvalue weighted by Gasteiger charge is -2.21. The number of benzene rings is 1. The average Bonchev–Trinajstić information content (AvgIpc) is 3.14. The van der Waals surface area contributed by atoms with Crippen LogP contribution in [0.4, 0.5) is 11.4 Å². The van der Waals surface area contributed by atoms with Gasteiger partial charge in [-0.1, -0.05) is 13.8 Å². The smallest absolute Gasteiger partial charge is 0.321 e. The molecule has 0 aliphatic carbocycles. The first kappa shape index (κ1) is 23.4. The molecular weight excluding hydrogens is 414 g/mol. The maximum absolute atomic E-state index is 11.6. The maximum atomic E-state index is 11.6. The Morgan fingerprint density at radius 3 is 2.29 bits per heavy atom. The standard InChI is InChI=1S/C18H21N5O8/c1-10(2)5-13(17(24)25)20-14(18(26)27)6-11-8-21(9-19-11)15-4-3-12(22(28)29)7-16(15)23(30)31/h3-4,7-10,13-14,20H,5-6H2,1-2H3,(H,24,25)(H,26,27). The molecule has 166 valence electrons. The number of nitrogens with zero attached hydrogens (tertiary/aromatic N) is 4. The Kier molecular flexibility index (Phi) is 7.37. The summed E-state index contributed by atoms with van der Waals surface area (Å²) in [5.74, 6) is -2.43. The van der Waals surface area contributed by atoms with Gasteiger partial charge in [-0.2, -0.15) is 0 Å². The quantitative estimate of drug-likeness (QED) is 0.346. The van der Waals surface area contributed by atoms with Gasteiger partial charge in [0.15, 0.2) is 0 Å². The van der Waals surface area contributed by atoms with Crippen LogP contribution in [0.25, 0.3) is 5.69 Å². The Morgan fingerprint density at radius 1 is 1.13 bits per heavy atom. The number of imidazole rings is 1. The fourth-order valence-electron chi connectivity index (χ4n) is 2.97. The highest BCUT2D eigenvalue weighted by atomic mass is 16.6. The summed E-state index contributed by atoms with van der Waals surface area (Å²) in [4.78, 5) is 47.8. The molecule has 0 bridgehead atoms. The summed E-state index contributed by atoms with van der Waals surface area (Å²) in [6.45, 7) is 3.62. The Balaban J connectivity index is 2.28. The summed E-state index contributed by atoms with van der Waals surface area (Å²) in [6.07, 6.45) is 2.61. The van der Waals surface area contributed by atoms with E-state index in [4.69, 9.17) is 0 Å². The van der Waals surface area contributed by atoms with Crippen molar-refractivity contribution in [3.8, 4) is 5.69 Å². The number of aromatic nitrogens is 2. The molecule has 0 radical (unpaired) electrons. The maximum Gasteiger partial charge on any atom is 0.321 e. The molecule has 3 N–H and O–H groups in total. The van der Waals surface area contributed by atoms with Crippen LogP contribution in [0.15, 0.2) is 30.7 Å². The molecule has 1 heterocycles. The highest BCUT2D eigenvalue weighted by Gasteiger charge is 2.28. The Bertz CT molecular complexity index is 1000. The minimum Gasteiger partial charge on any atom is -0.480 e. The number of rotatable bonds is 11. The van der Waals surface area contributed by atoms with Crippen molar-refractivity contribution >= 4 is 23.3 Å². The number of carbonyl (C=O) groups is 2. The number of carboxylic acid groups (broad SMARTS) is 2. The molecule has 13 heteroatoms. The van der Waals surface area contributed by atoms with Crippen LogP contribution in [0, 0.1) is 26.1 Å². The molecule has 0 saturated carbocycles. The van der Waals surface area contributed by atoms with Crippen LogP contribution in [0.3, 0.4) is 0 Å². The normalized spacial score (nSPS) is 13.0. The van der Waals surface area contributed by atoms with Crippen LogP contribution in [0.2, 0.25) is 0 Å². The van der Waals surface area contributed by atoms with Crippen molar-refractivity contribution in [1.82, 2.24) is 14.9 Å². The van der Waals surface area contributed by atoms with Gasteiger partial charge in [-0.25, -0.2) is 4.98 Å². The molecule has 0 spiro atoms. The van der Waals surface area contributed by atoms with Gasteiger partial charge >= 0.3 is 11.9 Å². The molecule has 2 atom stereocenters. The van der Waals surface area contributed by atoms with E-state index in [0.717, 1.165) is 12.1 Å². The summed E-state index contributed by atoms with van der Waals surface area (Å²) in [7, 11) is 0. The topological polar surface area (TPSA) is 191 Å². The Hall–Kier alpha value is -3.87. The van der Waals surface area contributed by atoms with Crippen LogP contribution in [-0.4, -0.2) is 53.6 Å². The summed E-state index contributed by atoms with van der Waals surface area (Å²) in [5, 5.41) is 43.6. The van der Waals surface area contributed by atoms with Gasteiger partial charge in [0.05, 0.1) is 27.9 Å². The predicted octanol–water partition coefficient (Wildman–Crippen LogP) is 1.77. The van der Waals surface area contributed by atoms with E-state index in [1.54, 1.807) is 0 Å². The van der Waals surface area contributed by atoms with Crippen LogP contribution < -0.4 is 5.32 Å². The summed E-state index contributed by atoms with van der Waals surface area (Å²) >= 11 is 0. The number of non-ortho nitro benzene ring substituents is 1. The van der Waals surface area contributed by atoms with Crippen LogP contribution >= 0.6 is 0 Å². The zero-order chi connectivity index (χ0) is 23.3. The second-order valence-corrected chi connectivity index (χ2v) is 7.24. The van der Waals surface area contributed by atoms with E-state index in [0.29, 0.717) is 0 Å². The molecule has 0 saturated heterocycles. The van der Waals surface area contributed by atoms with Crippen molar-refractivity contribution < 1.29 is 29.6 Å². The van der Waals surface area contributed by atoms with Gasteiger partial charge in [-0.3, -0.25) is 39.7 Å². The van der Waals surface area contributed by atoms with E-state index in [2.05, 4.69) is 10.3 Å². The SMILES string of the molecule is CC(C)CC(NC(Cc1cn(-c2ccc([N+](=O)[O-])cc2[N+](=O)[O-])cn1)C(=O)O)C(=O)O. The van der Waals surface area contributed by atoms with Crippen LogP contribution in [-0.2, 0) is 16.0 Å². The number of nitro groups is 2. The van der Waals surface area contributed by atoms with Crippen LogP contribution in [0.1, 0.15) is 26.0 Å². The van der Waals surface area contributed by atoms with Gasteiger partial charge in [-0.15, -0.1) is 0 Å².